The van der Waals surface area contributed by atoms with E-state index in [0.717, 1.165) is 11.6 Å². The Kier molecular flexibility index (Phi) is 2.59. The molecule has 0 fully saturated rings. The second-order valence-corrected chi connectivity index (χ2v) is 4.59. The number of aromatic amines is 1. The summed E-state index contributed by atoms with van der Waals surface area (Å²) in [6, 6.07) is 6.77. The molecule has 0 aliphatic heterocycles. The van der Waals surface area contributed by atoms with E-state index in [1.54, 1.807) is 0 Å². The molecule has 1 aromatic heterocycles. The first kappa shape index (κ1) is 10.4. The van der Waals surface area contributed by atoms with E-state index in [0.29, 0.717) is 0 Å². The fourth-order valence-electron chi connectivity index (χ4n) is 2.50. The molecule has 1 aromatic carbocycles. The molecule has 0 bridgehead atoms. The molecule has 0 saturated carbocycles. The number of anilines is 1. The van der Waals surface area contributed by atoms with E-state index in [2.05, 4.69) is 33.5 Å². The second kappa shape index (κ2) is 4.24. The lowest BCUT2D eigenvalue weighted by molar-refractivity contribution is 0.686. The smallest absolute Gasteiger partial charge is 0.200 e. The van der Waals surface area contributed by atoms with Crippen molar-refractivity contribution in [2.45, 2.75) is 25.7 Å². The Balaban J connectivity index is 1.97. The zero-order valence-corrected chi connectivity index (χ0v) is 10.1. The third-order valence-corrected chi connectivity index (χ3v) is 3.47. The molecule has 0 spiro atoms. The lowest BCUT2D eigenvalue weighted by Crippen LogP contribution is -2.02. The number of aryl methyl sites for hydroxylation is 2. The molecular formula is C14H17N3. The van der Waals surface area contributed by atoms with Crippen LogP contribution < -0.4 is 5.32 Å². The van der Waals surface area contributed by atoms with Gasteiger partial charge in [-0.1, -0.05) is 12.1 Å². The maximum absolute atomic E-state index is 4.26. The van der Waals surface area contributed by atoms with Crippen LogP contribution in [0.3, 0.4) is 0 Å². The monoisotopic (exact) mass is 227 g/mol. The van der Waals surface area contributed by atoms with E-state index < -0.39 is 0 Å². The molecule has 1 aliphatic rings. The Labute approximate surface area is 101 Å². The Morgan fingerprint density at radius 3 is 2.76 bits per heavy atom. The van der Waals surface area contributed by atoms with E-state index in [9.17, 15) is 0 Å². The highest BCUT2D eigenvalue weighted by atomic mass is 15.1. The van der Waals surface area contributed by atoms with Gasteiger partial charge in [0, 0.05) is 7.05 Å². The van der Waals surface area contributed by atoms with E-state index in [1.807, 2.05) is 13.2 Å². The van der Waals surface area contributed by atoms with Crippen molar-refractivity contribution >= 4 is 5.95 Å². The molecule has 1 aliphatic carbocycles. The molecule has 88 valence electrons. The Morgan fingerprint density at radius 1 is 1.18 bits per heavy atom. The molecule has 0 radical (unpaired) electrons. The van der Waals surface area contributed by atoms with Gasteiger partial charge in [0.1, 0.15) is 0 Å². The fourth-order valence-corrected chi connectivity index (χ4v) is 2.50. The minimum Gasteiger partial charge on any atom is -0.359 e. The number of benzene rings is 1. The first-order valence-corrected chi connectivity index (χ1v) is 6.22. The number of fused-ring (bicyclic) bond motifs is 1. The summed E-state index contributed by atoms with van der Waals surface area (Å²) >= 11 is 0. The van der Waals surface area contributed by atoms with Crippen LogP contribution >= 0.6 is 0 Å². The standard InChI is InChI=1S/C14H17N3/c1-15-14-16-9-13(17-14)12-7-6-10-4-2-3-5-11(10)8-12/h6-9H,2-5H2,1H3,(H2,15,16,17). The van der Waals surface area contributed by atoms with Gasteiger partial charge in [-0.2, -0.15) is 0 Å². The fraction of sp³-hybridized carbons (Fsp3) is 0.357. The average molecular weight is 227 g/mol. The minimum atomic E-state index is 0.817. The maximum atomic E-state index is 4.26. The van der Waals surface area contributed by atoms with Crippen molar-refractivity contribution in [3.63, 3.8) is 0 Å². The van der Waals surface area contributed by atoms with Crippen LogP contribution in [0.1, 0.15) is 24.0 Å². The predicted octanol–water partition coefficient (Wildman–Crippen LogP) is 3.00. The van der Waals surface area contributed by atoms with Crippen LogP contribution in [0.25, 0.3) is 11.3 Å². The third kappa shape index (κ3) is 1.93. The van der Waals surface area contributed by atoms with Crippen LogP contribution in [-0.4, -0.2) is 17.0 Å². The topological polar surface area (TPSA) is 40.7 Å². The predicted molar refractivity (Wildman–Crippen MR) is 70.2 cm³/mol. The van der Waals surface area contributed by atoms with E-state index >= 15 is 0 Å². The molecule has 2 aromatic rings. The van der Waals surface area contributed by atoms with Gasteiger partial charge >= 0.3 is 0 Å². The minimum absolute atomic E-state index is 0.817. The zero-order valence-electron chi connectivity index (χ0n) is 10.1. The van der Waals surface area contributed by atoms with E-state index in [1.165, 1.54) is 42.4 Å². The summed E-state index contributed by atoms with van der Waals surface area (Å²) in [4.78, 5) is 7.52. The van der Waals surface area contributed by atoms with Gasteiger partial charge in [-0.25, -0.2) is 4.98 Å². The molecule has 17 heavy (non-hydrogen) atoms. The lowest BCUT2D eigenvalue weighted by Gasteiger charge is -2.16. The summed E-state index contributed by atoms with van der Waals surface area (Å²) in [5, 5.41) is 3.01. The van der Waals surface area contributed by atoms with Gasteiger partial charge in [-0.15, -0.1) is 0 Å². The number of nitrogens with zero attached hydrogens (tertiary/aromatic N) is 1. The molecule has 1 heterocycles. The van der Waals surface area contributed by atoms with Gasteiger partial charge in [-0.05, 0) is 48.4 Å². The summed E-state index contributed by atoms with van der Waals surface area (Å²) in [5.41, 5.74) is 5.35. The van der Waals surface area contributed by atoms with Crippen LogP contribution in [-0.2, 0) is 12.8 Å². The average Bonchev–Trinajstić information content (AvgIpc) is 2.87. The van der Waals surface area contributed by atoms with Crippen molar-refractivity contribution in [2.75, 3.05) is 12.4 Å². The van der Waals surface area contributed by atoms with Crippen molar-refractivity contribution in [3.8, 4) is 11.3 Å². The van der Waals surface area contributed by atoms with Crippen LogP contribution in [0, 0.1) is 0 Å². The summed E-state index contributed by atoms with van der Waals surface area (Å²) in [5.74, 6) is 0.817. The molecule has 0 amide bonds. The number of rotatable bonds is 2. The quantitative estimate of drug-likeness (QED) is 0.828. The van der Waals surface area contributed by atoms with Gasteiger partial charge in [0.25, 0.3) is 0 Å². The Hall–Kier alpha value is -1.77. The molecule has 3 nitrogen and oxygen atoms in total. The normalized spacial score (nSPS) is 14.4. The van der Waals surface area contributed by atoms with Crippen molar-refractivity contribution < 1.29 is 0 Å². The molecule has 3 heteroatoms. The Morgan fingerprint density at radius 2 is 2.00 bits per heavy atom. The molecule has 0 saturated heterocycles. The number of aromatic nitrogens is 2. The third-order valence-electron chi connectivity index (χ3n) is 3.47. The number of imidazole rings is 1. The van der Waals surface area contributed by atoms with Crippen LogP contribution in [0.4, 0.5) is 5.95 Å². The first-order chi connectivity index (χ1) is 8.36. The summed E-state index contributed by atoms with van der Waals surface area (Å²) < 4.78 is 0. The van der Waals surface area contributed by atoms with Crippen molar-refractivity contribution in [2.24, 2.45) is 0 Å². The largest absolute Gasteiger partial charge is 0.359 e. The van der Waals surface area contributed by atoms with Gasteiger partial charge in [0.05, 0.1) is 11.9 Å². The van der Waals surface area contributed by atoms with Crippen molar-refractivity contribution in [1.82, 2.24) is 9.97 Å². The molecule has 0 atom stereocenters. The molecule has 2 N–H and O–H groups in total. The van der Waals surface area contributed by atoms with Crippen LogP contribution in [0.15, 0.2) is 24.4 Å². The number of H-pyrrole nitrogens is 1. The highest BCUT2D eigenvalue weighted by Crippen LogP contribution is 2.26. The van der Waals surface area contributed by atoms with Gasteiger partial charge in [-0.3, -0.25) is 0 Å². The summed E-state index contributed by atoms with van der Waals surface area (Å²) in [7, 11) is 1.87. The number of hydrogen-bond donors (Lipinski definition) is 2. The van der Waals surface area contributed by atoms with E-state index in [-0.39, 0.29) is 0 Å². The van der Waals surface area contributed by atoms with E-state index in [4.69, 9.17) is 0 Å². The Bertz CT molecular complexity index is 528. The second-order valence-electron chi connectivity index (χ2n) is 4.59. The summed E-state index contributed by atoms with van der Waals surface area (Å²) in [6.07, 6.45) is 6.99. The highest BCUT2D eigenvalue weighted by Gasteiger charge is 2.10. The van der Waals surface area contributed by atoms with Gasteiger partial charge in [0.2, 0.25) is 0 Å². The molecule has 3 rings (SSSR count). The van der Waals surface area contributed by atoms with Gasteiger partial charge < -0.3 is 10.3 Å². The summed E-state index contributed by atoms with van der Waals surface area (Å²) in [6.45, 7) is 0. The number of nitrogens with one attached hydrogen (secondary N) is 2. The number of hydrogen-bond acceptors (Lipinski definition) is 2. The van der Waals surface area contributed by atoms with Crippen molar-refractivity contribution in [3.05, 3.63) is 35.5 Å². The SMILES string of the molecule is CNc1ncc(-c2ccc3c(c2)CCCC3)[nH]1. The first-order valence-electron chi connectivity index (χ1n) is 6.22. The zero-order chi connectivity index (χ0) is 11.7. The van der Waals surface area contributed by atoms with Crippen LogP contribution in [0.2, 0.25) is 0 Å². The van der Waals surface area contributed by atoms with Gasteiger partial charge in [0.15, 0.2) is 5.95 Å². The molecular weight excluding hydrogens is 210 g/mol. The lowest BCUT2D eigenvalue weighted by atomic mass is 9.90. The maximum Gasteiger partial charge on any atom is 0.200 e. The molecule has 0 unspecified atom stereocenters. The van der Waals surface area contributed by atoms with Crippen molar-refractivity contribution in [1.29, 1.82) is 0 Å². The van der Waals surface area contributed by atoms with Crippen LogP contribution in [0.5, 0.6) is 0 Å². The highest BCUT2D eigenvalue weighted by molar-refractivity contribution is 5.62.